The molecule has 0 spiro atoms. The molecule has 6 nitrogen and oxygen atoms in total. The van der Waals surface area contributed by atoms with Crippen LogP contribution < -0.4 is 5.32 Å². The number of nitrogens with one attached hydrogen (secondary N) is 1. The Labute approximate surface area is 132 Å². The zero-order chi connectivity index (χ0) is 15.2. The van der Waals surface area contributed by atoms with Crippen LogP contribution in [0.5, 0.6) is 0 Å². The highest BCUT2D eigenvalue weighted by Gasteiger charge is 2.18. The van der Waals surface area contributed by atoms with Crippen molar-refractivity contribution in [2.24, 2.45) is 0 Å². The van der Waals surface area contributed by atoms with Crippen LogP contribution in [-0.2, 0) is 16.0 Å². The molecule has 1 fully saturated rings. The van der Waals surface area contributed by atoms with E-state index in [0.29, 0.717) is 19.8 Å². The summed E-state index contributed by atoms with van der Waals surface area (Å²) >= 11 is 1.60. The lowest BCUT2D eigenvalue weighted by Gasteiger charge is -2.22. The molecule has 1 N–H and O–H groups in total. The Morgan fingerprint density at radius 2 is 2.18 bits per heavy atom. The molecule has 1 amide bonds. The number of carbonyl (C=O) groups is 1. The monoisotopic (exact) mass is 319 g/mol. The average Bonchev–Trinajstić information content (AvgIpc) is 3.08. The van der Waals surface area contributed by atoms with Gasteiger partial charge in [0.15, 0.2) is 0 Å². The highest BCUT2D eigenvalue weighted by atomic mass is 32.1. The highest BCUT2D eigenvalue weighted by molar-refractivity contribution is 7.08. The topological polar surface area (TPSA) is 73.3 Å². The molecule has 3 heterocycles. The Morgan fingerprint density at radius 1 is 1.36 bits per heavy atom. The van der Waals surface area contributed by atoms with E-state index in [9.17, 15) is 4.79 Å². The van der Waals surface area contributed by atoms with Crippen molar-refractivity contribution >= 4 is 17.4 Å². The number of hydrogen-bond acceptors (Lipinski definition) is 6. The molecule has 0 radical (unpaired) electrons. The molecule has 1 aliphatic rings. The van der Waals surface area contributed by atoms with E-state index in [1.807, 2.05) is 16.8 Å². The normalized spacial score (nSPS) is 15.5. The van der Waals surface area contributed by atoms with E-state index in [0.717, 1.165) is 29.8 Å². The molecule has 22 heavy (non-hydrogen) atoms. The molecule has 0 bridgehead atoms. The van der Waals surface area contributed by atoms with Crippen LogP contribution in [0.2, 0.25) is 0 Å². The van der Waals surface area contributed by atoms with Crippen molar-refractivity contribution in [3.8, 4) is 11.3 Å². The van der Waals surface area contributed by atoms with Gasteiger partial charge in [0.1, 0.15) is 6.10 Å². The van der Waals surface area contributed by atoms with E-state index in [1.54, 1.807) is 23.7 Å². The van der Waals surface area contributed by atoms with Gasteiger partial charge in [0.25, 0.3) is 0 Å². The summed E-state index contributed by atoms with van der Waals surface area (Å²) in [6, 6.07) is 1.98. The summed E-state index contributed by atoms with van der Waals surface area (Å²) in [5.74, 6) is 0. The van der Waals surface area contributed by atoms with Gasteiger partial charge in [0, 0.05) is 36.2 Å². The first-order valence-electron chi connectivity index (χ1n) is 7.17. The van der Waals surface area contributed by atoms with Crippen molar-refractivity contribution in [3.63, 3.8) is 0 Å². The second-order valence-corrected chi connectivity index (χ2v) is 5.71. The van der Waals surface area contributed by atoms with Gasteiger partial charge in [0.05, 0.1) is 31.1 Å². The molecule has 0 unspecified atom stereocenters. The summed E-state index contributed by atoms with van der Waals surface area (Å²) in [4.78, 5) is 20.5. The zero-order valence-corrected chi connectivity index (χ0v) is 12.8. The maximum Gasteiger partial charge on any atom is 0.407 e. The van der Waals surface area contributed by atoms with Gasteiger partial charge in [-0.05, 0) is 11.4 Å². The van der Waals surface area contributed by atoms with Gasteiger partial charge in [-0.25, -0.2) is 4.79 Å². The third-order valence-corrected chi connectivity index (χ3v) is 4.09. The fourth-order valence-electron chi connectivity index (χ4n) is 2.28. The van der Waals surface area contributed by atoms with Crippen LogP contribution in [0.25, 0.3) is 11.3 Å². The number of carbonyl (C=O) groups excluding carboxylic acids is 1. The zero-order valence-electron chi connectivity index (χ0n) is 12.0. The second-order valence-electron chi connectivity index (χ2n) is 4.93. The molecular weight excluding hydrogens is 302 g/mol. The molecule has 3 rings (SSSR count). The first kappa shape index (κ1) is 14.9. The summed E-state index contributed by atoms with van der Waals surface area (Å²) in [6.07, 6.45) is 4.28. The smallest absolute Gasteiger partial charge is 0.407 e. The molecule has 1 aliphatic heterocycles. The summed E-state index contributed by atoms with van der Waals surface area (Å²) in [5, 5.41) is 6.74. The number of nitrogens with zero attached hydrogens (tertiary/aromatic N) is 2. The third-order valence-electron chi connectivity index (χ3n) is 3.41. The Morgan fingerprint density at radius 3 is 2.95 bits per heavy atom. The fourth-order valence-corrected chi connectivity index (χ4v) is 2.92. The SMILES string of the molecule is O=C(NCc1nccnc1-c1ccsc1)OC1CCOCC1. The van der Waals surface area contributed by atoms with Crippen LogP contribution in [0.15, 0.2) is 29.2 Å². The van der Waals surface area contributed by atoms with Crippen LogP contribution in [0.3, 0.4) is 0 Å². The molecular formula is C15H17N3O3S. The summed E-state index contributed by atoms with van der Waals surface area (Å²) < 4.78 is 10.6. The first-order valence-corrected chi connectivity index (χ1v) is 8.12. The molecule has 0 aromatic carbocycles. The lowest BCUT2D eigenvalue weighted by Crippen LogP contribution is -2.32. The van der Waals surface area contributed by atoms with E-state index in [2.05, 4.69) is 15.3 Å². The van der Waals surface area contributed by atoms with Gasteiger partial charge in [-0.1, -0.05) is 0 Å². The summed E-state index contributed by atoms with van der Waals surface area (Å²) in [6.45, 7) is 1.58. The number of aromatic nitrogens is 2. The molecule has 2 aromatic heterocycles. The van der Waals surface area contributed by atoms with Crippen LogP contribution in [0.1, 0.15) is 18.5 Å². The molecule has 0 atom stereocenters. The number of hydrogen-bond donors (Lipinski definition) is 1. The van der Waals surface area contributed by atoms with Crippen molar-refractivity contribution in [3.05, 3.63) is 34.9 Å². The molecule has 0 saturated carbocycles. The van der Waals surface area contributed by atoms with Gasteiger partial charge < -0.3 is 14.8 Å². The van der Waals surface area contributed by atoms with Gasteiger partial charge >= 0.3 is 6.09 Å². The number of alkyl carbamates (subject to hydrolysis) is 1. The number of ether oxygens (including phenoxy) is 2. The quantitative estimate of drug-likeness (QED) is 0.938. The standard InChI is InChI=1S/C15H17N3O3S/c19-15(21-12-1-6-20-7-2-12)18-9-13-14(17-5-4-16-13)11-3-8-22-10-11/h3-5,8,10,12H,1-2,6-7,9H2,(H,18,19). The second kappa shape index (κ2) is 7.33. The molecule has 2 aromatic rings. The van der Waals surface area contributed by atoms with Crippen LogP contribution in [-0.4, -0.2) is 35.4 Å². The Hall–Kier alpha value is -1.99. The Balaban J connectivity index is 1.58. The van der Waals surface area contributed by atoms with Crippen molar-refractivity contribution < 1.29 is 14.3 Å². The average molecular weight is 319 g/mol. The van der Waals surface area contributed by atoms with E-state index >= 15 is 0 Å². The van der Waals surface area contributed by atoms with Crippen LogP contribution in [0, 0.1) is 0 Å². The minimum absolute atomic E-state index is 0.0630. The minimum atomic E-state index is -0.422. The summed E-state index contributed by atoms with van der Waals surface area (Å²) in [7, 11) is 0. The first-order chi connectivity index (χ1) is 10.8. The van der Waals surface area contributed by atoms with E-state index in [4.69, 9.17) is 9.47 Å². The van der Waals surface area contributed by atoms with Crippen LogP contribution in [0.4, 0.5) is 4.79 Å². The Kier molecular flexibility index (Phi) is 4.97. The number of rotatable bonds is 4. The van der Waals surface area contributed by atoms with E-state index in [1.165, 1.54) is 0 Å². The van der Waals surface area contributed by atoms with Gasteiger partial charge in [0.2, 0.25) is 0 Å². The fraction of sp³-hybridized carbons (Fsp3) is 0.400. The lowest BCUT2D eigenvalue weighted by atomic mass is 10.2. The van der Waals surface area contributed by atoms with Crippen molar-refractivity contribution in [1.82, 2.24) is 15.3 Å². The minimum Gasteiger partial charge on any atom is -0.446 e. The van der Waals surface area contributed by atoms with Crippen molar-refractivity contribution in [1.29, 1.82) is 0 Å². The molecule has 0 aliphatic carbocycles. The van der Waals surface area contributed by atoms with E-state index < -0.39 is 6.09 Å². The number of thiophene rings is 1. The third kappa shape index (κ3) is 3.80. The van der Waals surface area contributed by atoms with Gasteiger partial charge in [-0.15, -0.1) is 0 Å². The molecule has 1 saturated heterocycles. The summed E-state index contributed by atoms with van der Waals surface area (Å²) in [5.41, 5.74) is 2.52. The maximum absolute atomic E-state index is 11.9. The predicted octanol–water partition coefficient (Wildman–Crippen LogP) is 2.61. The molecule has 116 valence electrons. The maximum atomic E-state index is 11.9. The van der Waals surface area contributed by atoms with E-state index in [-0.39, 0.29) is 6.10 Å². The predicted molar refractivity (Wildman–Crippen MR) is 82.5 cm³/mol. The highest BCUT2D eigenvalue weighted by Crippen LogP contribution is 2.22. The van der Waals surface area contributed by atoms with Crippen molar-refractivity contribution in [2.75, 3.05) is 13.2 Å². The lowest BCUT2D eigenvalue weighted by molar-refractivity contribution is 0.00149. The molecule has 7 heteroatoms. The van der Waals surface area contributed by atoms with Crippen LogP contribution >= 0.6 is 11.3 Å². The van der Waals surface area contributed by atoms with Crippen molar-refractivity contribution in [2.45, 2.75) is 25.5 Å². The largest absolute Gasteiger partial charge is 0.446 e. The van der Waals surface area contributed by atoms with Gasteiger partial charge in [-0.2, -0.15) is 11.3 Å². The number of amides is 1. The Bertz CT molecular complexity index is 612. The van der Waals surface area contributed by atoms with Gasteiger partial charge in [-0.3, -0.25) is 9.97 Å².